The molecule has 0 spiro atoms. The molecule has 0 aliphatic heterocycles. The van der Waals surface area contributed by atoms with E-state index >= 15 is 0 Å². The van der Waals surface area contributed by atoms with Gasteiger partial charge in [0.1, 0.15) is 4.88 Å². The Hall–Kier alpha value is -2.52. The summed E-state index contributed by atoms with van der Waals surface area (Å²) in [7, 11) is 3.17. The topological polar surface area (TPSA) is 78.6 Å². The highest BCUT2D eigenvalue weighted by molar-refractivity contribution is 7.16. The van der Waals surface area contributed by atoms with Crippen molar-refractivity contribution in [1.82, 2.24) is 14.2 Å². The Bertz CT molecular complexity index is 1020. The minimum absolute atomic E-state index is 0.351. The predicted molar refractivity (Wildman–Crippen MR) is 97.7 cm³/mol. The minimum atomic E-state index is -0.351. The van der Waals surface area contributed by atoms with Crippen molar-refractivity contribution in [3.8, 4) is 11.5 Å². The van der Waals surface area contributed by atoms with Crippen LogP contribution in [0.4, 0.5) is 0 Å². The number of hydrogen-bond acceptors (Lipinski definition) is 7. The Morgan fingerprint density at radius 1 is 1.36 bits per heavy atom. The van der Waals surface area contributed by atoms with Gasteiger partial charge in [-0.2, -0.15) is 4.99 Å². The van der Waals surface area contributed by atoms with Crippen LogP contribution in [0.3, 0.4) is 0 Å². The summed E-state index contributed by atoms with van der Waals surface area (Å²) in [6.45, 7) is 6.04. The number of hydrogen-bond donors (Lipinski definition) is 0. The molecule has 0 bridgehead atoms. The van der Waals surface area contributed by atoms with Gasteiger partial charge in [0.2, 0.25) is 0 Å². The Morgan fingerprint density at radius 3 is 2.68 bits per heavy atom. The maximum atomic E-state index is 12.5. The summed E-state index contributed by atoms with van der Waals surface area (Å²) < 4.78 is 17.4. The second kappa shape index (κ2) is 7.16. The molecule has 0 N–H and O–H groups in total. The van der Waals surface area contributed by atoms with E-state index in [1.54, 1.807) is 27.2 Å². The van der Waals surface area contributed by atoms with Gasteiger partial charge < -0.3 is 14.0 Å². The van der Waals surface area contributed by atoms with E-state index < -0.39 is 0 Å². The summed E-state index contributed by atoms with van der Waals surface area (Å²) in [5.41, 5.74) is 1.48. The fraction of sp³-hybridized carbons (Fsp3) is 0.250. The van der Waals surface area contributed by atoms with Crippen LogP contribution in [0.1, 0.15) is 15.4 Å². The average Bonchev–Trinajstić information content (AvgIpc) is 3.17. The predicted octanol–water partition coefficient (Wildman–Crippen LogP) is 2.81. The second-order valence-electron chi connectivity index (χ2n) is 5.06. The van der Waals surface area contributed by atoms with Gasteiger partial charge in [0.25, 0.3) is 5.91 Å². The van der Waals surface area contributed by atoms with Crippen molar-refractivity contribution in [2.75, 3.05) is 14.2 Å². The molecule has 1 amide bonds. The molecule has 9 heteroatoms. The monoisotopic (exact) mass is 376 g/mol. The first-order chi connectivity index (χ1) is 12.1. The number of nitrogens with zero attached hydrogens (tertiary/aromatic N) is 4. The van der Waals surface area contributed by atoms with Gasteiger partial charge in [-0.15, -0.1) is 11.7 Å². The molecule has 7 nitrogen and oxygen atoms in total. The highest BCUT2D eigenvalue weighted by Gasteiger charge is 2.15. The lowest BCUT2D eigenvalue weighted by Crippen LogP contribution is -2.16. The molecule has 0 saturated carbocycles. The smallest absolute Gasteiger partial charge is 0.293 e. The molecule has 2 heterocycles. The number of carbonyl (C=O) groups is 1. The summed E-state index contributed by atoms with van der Waals surface area (Å²) in [6, 6.07) is 3.75. The van der Waals surface area contributed by atoms with Crippen molar-refractivity contribution in [2.24, 2.45) is 4.99 Å². The number of aromatic nitrogens is 3. The number of fused-ring (bicyclic) bond motifs is 1. The van der Waals surface area contributed by atoms with Crippen molar-refractivity contribution < 1.29 is 14.3 Å². The van der Waals surface area contributed by atoms with Gasteiger partial charge in [0.15, 0.2) is 16.3 Å². The summed E-state index contributed by atoms with van der Waals surface area (Å²) in [5, 5.41) is 3.86. The number of carbonyl (C=O) groups excluding carboxylic acids is 1. The fourth-order valence-electron chi connectivity index (χ4n) is 2.35. The third kappa shape index (κ3) is 3.20. The molecule has 3 rings (SSSR count). The van der Waals surface area contributed by atoms with Crippen molar-refractivity contribution in [3.63, 3.8) is 0 Å². The van der Waals surface area contributed by atoms with Crippen LogP contribution in [-0.4, -0.2) is 34.3 Å². The van der Waals surface area contributed by atoms with E-state index in [-0.39, 0.29) is 5.91 Å². The van der Waals surface area contributed by atoms with Crippen molar-refractivity contribution in [2.45, 2.75) is 13.5 Å². The number of aryl methyl sites for hydroxylation is 1. The normalized spacial score (nSPS) is 11.7. The van der Waals surface area contributed by atoms with Gasteiger partial charge in [-0.05, 0) is 18.5 Å². The average molecular weight is 376 g/mol. The zero-order chi connectivity index (χ0) is 18.0. The SMILES string of the molecule is C=CCn1c(=NC(=O)c2snnc2C)sc2cc(OC)c(OC)cc21. The molecule has 0 radical (unpaired) electrons. The van der Waals surface area contributed by atoms with Crippen LogP contribution < -0.4 is 14.3 Å². The van der Waals surface area contributed by atoms with E-state index in [1.165, 1.54) is 11.3 Å². The van der Waals surface area contributed by atoms with Crippen LogP contribution in [0, 0.1) is 6.92 Å². The van der Waals surface area contributed by atoms with E-state index in [9.17, 15) is 4.79 Å². The first kappa shape index (κ1) is 17.3. The maximum Gasteiger partial charge on any atom is 0.293 e. The fourth-order valence-corrected chi connectivity index (χ4v) is 3.94. The third-order valence-electron chi connectivity index (χ3n) is 3.54. The van der Waals surface area contributed by atoms with Gasteiger partial charge >= 0.3 is 0 Å². The second-order valence-corrected chi connectivity index (χ2v) is 6.83. The Kier molecular flexibility index (Phi) is 4.95. The molecule has 0 saturated heterocycles. The summed E-state index contributed by atoms with van der Waals surface area (Å²) in [5.74, 6) is 0.893. The lowest BCUT2D eigenvalue weighted by molar-refractivity contribution is 0.100. The maximum absolute atomic E-state index is 12.5. The molecular weight excluding hydrogens is 360 g/mol. The summed E-state index contributed by atoms with van der Waals surface area (Å²) in [4.78, 5) is 17.7. The molecule has 0 aliphatic carbocycles. The van der Waals surface area contributed by atoms with Gasteiger partial charge in [-0.3, -0.25) is 4.79 Å². The van der Waals surface area contributed by atoms with E-state index in [0.29, 0.717) is 33.4 Å². The Balaban J connectivity index is 2.22. The number of rotatable bonds is 5. The van der Waals surface area contributed by atoms with Gasteiger partial charge in [-0.25, -0.2) is 0 Å². The van der Waals surface area contributed by atoms with E-state index in [4.69, 9.17) is 9.47 Å². The highest BCUT2D eigenvalue weighted by atomic mass is 32.1. The molecular formula is C16H16N4O3S2. The molecule has 0 fully saturated rings. The lowest BCUT2D eigenvalue weighted by Gasteiger charge is -2.08. The van der Waals surface area contributed by atoms with Crippen molar-refractivity contribution in [3.05, 3.63) is 40.2 Å². The summed E-state index contributed by atoms with van der Waals surface area (Å²) >= 11 is 2.45. The zero-order valence-electron chi connectivity index (χ0n) is 14.0. The van der Waals surface area contributed by atoms with E-state index in [0.717, 1.165) is 21.7 Å². The van der Waals surface area contributed by atoms with Crippen LogP contribution in [0.2, 0.25) is 0 Å². The summed E-state index contributed by atoms with van der Waals surface area (Å²) in [6.07, 6.45) is 1.76. The Labute approximate surface area is 152 Å². The number of thiazole rings is 1. The standard InChI is InChI=1S/C16H16N4O3S2/c1-5-6-20-10-7-11(22-3)12(23-4)8-13(10)24-16(20)17-15(21)14-9(2)18-19-25-14/h5,7-8H,1,6H2,2-4H3. The first-order valence-electron chi connectivity index (χ1n) is 7.33. The Morgan fingerprint density at radius 2 is 2.08 bits per heavy atom. The molecule has 0 unspecified atom stereocenters. The lowest BCUT2D eigenvalue weighted by atomic mass is 10.3. The highest BCUT2D eigenvalue weighted by Crippen LogP contribution is 2.33. The minimum Gasteiger partial charge on any atom is -0.493 e. The molecule has 0 atom stereocenters. The van der Waals surface area contributed by atoms with Crippen LogP contribution in [0.25, 0.3) is 10.2 Å². The molecule has 2 aromatic heterocycles. The van der Waals surface area contributed by atoms with E-state index in [1.807, 2.05) is 16.7 Å². The van der Waals surface area contributed by atoms with Crippen LogP contribution in [0.5, 0.6) is 11.5 Å². The van der Waals surface area contributed by atoms with Crippen LogP contribution in [0.15, 0.2) is 29.8 Å². The third-order valence-corrected chi connectivity index (χ3v) is 5.40. The quantitative estimate of drug-likeness (QED) is 0.640. The number of allylic oxidation sites excluding steroid dienone is 1. The number of ether oxygens (including phenoxy) is 2. The van der Waals surface area contributed by atoms with Crippen LogP contribution >= 0.6 is 22.9 Å². The largest absolute Gasteiger partial charge is 0.493 e. The van der Waals surface area contributed by atoms with Crippen molar-refractivity contribution in [1.29, 1.82) is 0 Å². The molecule has 1 aromatic carbocycles. The van der Waals surface area contributed by atoms with Gasteiger partial charge in [0, 0.05) is 18.7 Å². The van der Waals surface area contributed by atoms with E-state index in [2.05, 4.69) is 21.2 Å². The van der Waals surface area contributed by atoms with Gasteiger partial charge in [0.05, 0.1) is 30.1 Å². The molecule has 3 aromatic rings. The first-order valence-corrected chi connectivity index (χ1v) is 8.92. The number of benzene rings is 1. The zero-order valence-corrected chi connectivity index (χ0v) is 15.6. The van der Waals surface area contributed by atoms with Crippen molar-refractivity contribution >= 4 is 39.0 Å². The van der Waals surface area contributed by atoms with Crippen LogP contribution in [-0.2, 0) is 6.54 Å². The number of methoxy groups -OCH3 is 2. The number of amides is 1. The molecule has 130 valence electrons. The molecule has 25 heavy (non-hydrogen) atoms. The molecule has 0 aliphatic rings. The van der Waals surface area contributed by atoms with Gasteiger partial charge in [-0.1, -0.05) is 21.9 Å².